The van der Waals surface area contributed by atoms with Crippen molar-refractivity contribution in [1.29, 1.82) is 0 Å². The van der Waals surface area contributed by atoms with Crippen LogP contribution in [0.15, 0.2) is 18.2 Å². The number of rotatable bonds is 8. The van der Waals surface area contributed by atoms with Gasteiger partial charge in [-0.2, -0.15) is 0 Å². The standard InChI is InChI=1S/C13H19ClN2O3/c1-2-5-18-6-7-19-9-13(17)16-12-8-10(15)3-4-11(12)14/h3-4,8H,2,5-7,9,15H2,1H3,(H,16,17). The summed E-state index contributed by atoms with van der Waals surface area (Å²) in [4.78, 5) is 11.6. The number of nitrogen functional groups attached to an aromatic ring is 1. The smallest absolute Gasteiger partial charge is 0.250 e. The molecule has 0 aliphatic heterocycles. The van der Waals surface area contributed by atoms with Gasteiger partial charge in [-0.05, 0) is 24.6 Å². The number of ether oxygens (including phenoxy) is 2. The third kappa shape index (κ3) is 6.42. The van der Waals surface area contributed by atoms with Crippen molar-refractivity contribution in [2.75, 3.05) is 37.5 Å². The molecule has 0 aliphatic carbocycles. The Labute approximate surface area is 118 Å². The number of carbonyl (C=O) groups is 1. The molecule has 0 aromatic heterocycles. The molecule has 0 saturated carbocycles. The predicted octanol–water partition coefficient (Wildman–Crippen LogP) is 2.30. The Bertz CT molecular complexity index is 413. The molecule has 0 heterocycles. The topological polar surface area (TPSA) is 73.6 Å². The Morgan fingerprint density at radius 2 is 2.05 bits per heavy atom. The van der Waals surface area contributed by atoms with Crippen LogP contribution >= 0.6 is 11.6 Å². The first-order valence-corrected chi connectivity index (χ1v) is 6.51. The SMILES string of the molecule is CCCOCCOCC(=O)Nc1cc(N)ccc1Cl. The third-order valence-electron chi connectivity index (χ3n) is 2.22. The molecule has 1 aromatic rings. The molecule has 3 N–H and O–H groups in total. The number of carbonyl (C=O) groups excluding carboxylic acids is 1. The average molecular weight is 287 g/mol. The number of halogens is 1. The van der Waals surface area contributed by atoms with Gasteiger partial charge >= 0.3 is 0 Å². The minimum atomic E-state index is -0.275. The van der Waals surface area contributed by atoms with Crippen molar-refractivity contribution in [3.8, 4) is 0 Å². The van der Waals surface area contributed by atoms with Crippen molar-refractivity contribution in [1.82, 2.24) is 0 Å². The van der Waals surface area contributed by atoms with Crippen LogP contribution in [0.2, 0.25) is 5.02 Å². The Morgan fingerprint density at radius 1 is 1.32 bits per heavy atom. The van der Waals surface area contributed by atoms with Gasteiger partial charge in [0.1, 0.15) is 6.61 Å². The molecule has 0 radical (unpaired) electrons. The van der Waals surface area contributed by atoms with E-state index in [0.29, 0.717) is 36.2 Å². The normalized spacial score (nSPS) is 10.4. The van der Waals surface area contributed by atoms with E-state index >= 15 is 0 Å². The highest BCUT2D eigenvalue weighted by molar-refractivity contribution is 6.33. The van der Waals surface area contributed by atoms with E-state index in [1.807, 2.05) is 6.92 Å². The van der Waals surface area contributed by atoms with Crippen LogP contribution in [0.3, 0.4) is 0 Å². The number of nitrogens with one attached hydrogen (secondary N) is 1. The highest BCUT2D eigenvalue weighted by atomic mass is 35.5. The van der Waals surface area contributed by atoms with Crippen LogP contribution in [0, 0.1) is 0 Å². The molecule has 106 valence electrons. The summed E-state index contributed by atoms with van der Waals surface area (Å²) in [5, 5.41) is 3.08. The second kappa shape index (κ2) is 8.74. The molecular formula is C13H19ClN2O3. The quantitative estimate of drug-likeness (QED) is 0.568. The Hall–Kier alpha value is -1.30. The summed E-state index contributed by atoms with van der Waals surface area (Å²) in [5.41, 5.74) is 6.63. The zero-order chi connectivity index (χ0) is 14.1. The van der Waals surface area contributed by atoms with E-state index in [-0.39, 0.29) is 12.5 Å². The molecule has 1 amide bonds. The maximum absolute atomic E-state index is 11.6. The van der Waals surface area contributed by atoms with Gasteiger partial charge in [-0.3, -0.25) is 4.79 Å². The molecule has 6 heteroatoms. The van der Waals surface area contributed by atoms with Crippen LogP contribution in [-0.4, -0.2) is 32.3 Å². The van der Waals surface area contributed by atoms with Crippen LogP contribution in [0.1, 0.15) is 13.3 Å². The Kier molecular flexibility index (Phi) is 7.25. The number of amides is 1. The van der Waals surface area contributed by atoms with Gasteiger partial charge in [0.05, 0.1) is 23.9 Å². The van der Waals surface area contributed by atoms with Crippen molar-refractivity contribution in [3.63, 3.8) is 0 Å². The number of hydrogen-bond acceptors (Lipinski definition) is 4. The molecule has 19 heavy (non-hydrogen) atoms. The summed E-state index contributed by atoms with van der Waals surface area (Å²) >= 11 is 5.93. The van der Waals surface area contributed by atoms with Gasteiger partial charge in [0, 0.05) is 12.3 Å². The summed E-state index contributed by atoms with van der Waals surface area (Å²) in [6.07, 6.45) is 0.967. The monoisotopic (exact) mass is 286 g/mol. The molecule has 1 rings (SSSR count). The summed E-state index contributed by atoms with van der Waals surface area (Å²) in [7, 11) is 0. The number of hydrogen-bond donors (Lipinski definition) is 2. The molecule has 0 bridgehead atoms. The van der Waals surface area contributed by atoms with E-state index < -0.39 is 0 Å². The van der Waals surface area contributed by atoms with E-state index in [0.717, 1.165) is 6.42 Å². The largest absolute Gasteiger partial charge is 0.399 e. The van der Waals surface area contributed by atoms with Crippen molar-refractivity contribution >= 4 is 28.9 Å². The number of nitrogens with two attached hydrogens (primary N) is 1. The molecule has 5 nitrogen and oxygen atoms in total. The Morgan fingerprint density at radius 3 is 2.79 bits per heavy atom. The van der Waals surface area contributed by atoms with Crippen LogP contribution < -0.4 is 11.1 Å². The zero-order valence-electron chi connectivity index (χ0n) is 10.9. The minimum absolute atomic E-state index is 0.0411. The lowest BCUT2D eigenvalue weighted by Crippen LogP contribution is -2.20. The summed E-state index contributed by atoms with van der Waals surface area (Å²) in [6.45, 7) is 3.57. The second-order valence-electron chi connectivity index (χ2n) is 3.95. The number of anilines is 2. The first-order valence-electron chi connectivity index (χ1n) is 6.14. The maximum atomic E-state index is 11.6. The Balaban J connectivity index is 2.25. The summed E-state index contributed by atoms with van der Waals surface area (Å²) < 4.78 is 10.4. The van der Waals surface area contributed by atoms with Crippen molar-refractivity contribution in [2.24, 2.45) is 0 Å². The highest BCUT2D eigenvalue weighted by Crippen LogP contribution is 2.23. The van der Waals surface area contributed by atoms with Gasteiger partial charge < -0.3 is 20.5 Å². The fraction of sp³-hybridized carbons (Fsp3) is 0.462. The molecule has 0 unspecified atom stereocenters. The van der Waals surface area contributed by atoms with Crippen LogP contribution in [0.25, 0.3) is 0 Å². The van der Waals surface area contributed by atoms with Crippen LogP contribution in [0.4, 0.5) is 11.4 Å². The van der Waals surface area contributed by atoms with Crippen molar-refractivity contribution in [3.05, 3.63) is 23.2 Å². The molecular weight excluding hydrogens is 268 g/mol. The summed E-state index contributed by atoms with van der Waals surface area (Å²) in [5.74, 6) is -0.275. The minimum Gasteiger partial charge on any atom is -0.399 e. The van der Waals surface area contributed by atoms with Gasteiger partial charge in [0.2, 0.25) is 5.91 Å². The molecule has 0 atom stereocenters. The lowest BCUT2D eigenvalue weighted by Gasteiger charge is -2.08. The van der Waals surface area contributed by atoms with Gasteiger partial charge in [0.15, 0.2) is 0 Å². The first kappa shape index (κ1) is 15.8. The van der Waals surface area contributed by atoms with Gasteiger partial charge in [-0.25, -0.2) is 0 Å². The molecule has 0 fully saturated rings. The van der Waals surface area contributed by atoms with Gasteiger partial charge in [-0.15, -0.1) is 0 Å². The second-order valence-corrected chi connectivity index (χ2v) is 4.36. The number of benzene rings is 1. The van der Waals surface area contributed by atoms with Crippen molar-refractivity contribution in [2.45, 2.75) is 13.3 Å². The lowest BCUT2D eigenvalue weighted by atomic mass is 10.3. The fourth-order valence-corrected chi connectivity index (χ4v) is 1.52. The van der Waals surface area contributed by atoms with Crippen LogP contribution in [0.5, 0.6) is 0 Å². The van der Waals surface area contributed by atoms with E-state index in [2.05, 4.69) is 5.32 Å². The van der Waals surface area contributed by atoms with Gasteiger partial charge in [0.25, 0.3) is 0 Å². The van der Waals surface area contributed by atoms with Gasteiger partial charge in [-0.1, -0.05) is 18.5 Å². The van der Waals surface area contributed by atoms with E-state index in [1.54, 1.807) is 18.2 Å². The van der Waals surface area contributed by atoms with E-state index in [9.17, 15) is 4.79 Å². The first-order chi connectivity index (χ1) is 9.13. The van der Waals surface area contributed by atoms with E-state index in [1.165, 1.54) is 0 Å². The molecule has 0 saturated heterocycles. The average Bonchev–Trinajstić information content (AvgIpc) is 2.38. The van der Waals surface area contributed by atoms with Crippen LogP contribution in [-0.2, 0) is 14.3 Å². The maximum Gasteiger partial charge on any atom is 0.250 e. The molecule has 0 aliphatic rings. The van der Waals surface area contributed by atoms with E-state index in [4.69, 9.17) is 26.8 Å². The molecule has 1 aromatic carbocycles. The zero-order valence-corrected chi connectivity index (χ0v) is 11.7. The lowest BCUT2D eigenvalue weighted by molar-refractivity contribution is -0.121. The highest BCUT2D eigenvalue weighted by Gasteiger charge is 2.06. The van der Waals surface area contributed by atoms with Crippen molar-refractivity contribution < 1.29 is 14.3 Å². The summed E-state index contributed by atoms with van der Waals surface area (Å²) in [6, 6.07) is 4.90. The third-order valence-corrected chi connectivity index (χ3v) is 2.55. The molecule has 0 spiro atoms. The predicted molar refractivity (Wildman–Crippen MR) is 76.4 cm³/mol. The fourth-order valence-electron chi connectivity index (χ4n) is 1.35.